The highest BCUT2D eigenvalue weighted by Crippen LogP contribution is 2.44. The second kappa shape index (κ2) is 8.58. The molecule has 2 aliphatic rings. The summed E-state index contributed by atoms with van der Waals surface area (Å²) in [5.41, 5.74) is 4.78. The van der Waals surface area contributed by atoms with Crippen LogP contribution in [0.1, 0.15) is 30.4 Å². The molecule has 1 saturated heterocycles. The van der Waals surface area contributed by atoms with E-state index in [0.717, 1.165) is 46.7 Å². The number of likely N-dealkylation sites (tertiary alicyclic amines) is 1. The molecule has 4 rings (SSSR count). The van der Waals surface area contributed by atoms with Gasteiger partial charge in [0.05, 0.1) is 32.0 Å². The number of benzene rings is 2. The minimum absolute atomic E-state index is 0.729. The van der Waals surface area contributed by atoms with Gasteiger partial charge in [0.25, 0.3) is 0 Å². The zero-order valence-corrected chi connectivity index (χ0v) is 19.0. The summed E-state index contributed by atoms with van der Waals surface area (Å²) < 4.78 is 13.2. The van der Waals surface area contributed by atoms with E-state index in [9.17, 15) is 4.21 Å². The third kappa shape index (κ3) is 4.00. The van der Waals surface area contributed by atoms with Crippen molar-refractivity contribution in [3.05, 3.63) is 47.5 Å². The molecule has 29 heavy (non-hydrogen) atoms. The summed E-state index contributed by atoms with van der Waals surface area (Å²) in [5.74, 6) is 0. The molecule has 1 unspecified atom stereocenters. The lowest BCUT2D eigenvalue weighted by atomic mass is 10.0. The molecular weight excluding hydrogens is 378 g/mol. The molecule has 0 spiro atoms. The van der Waals surface area contributed by atoms with Crippen LogP contribution in [0.3, 0.4) is 0 Å². The van der Waals surface area contributed by atoms with Crippen LogP contribution < -0.4 is 4.90 Å². The number of para-hydroxylation sites is 1. The van der Waals surface area contributed by atoms with Gasteiger partial charge in [-0.15, -0.1) is 0 Å². The molecule has 5 heteroatoms. The van der Waals surface area contributed by atoms with Crippen LogP contribution in [0.2, 0.25) is 0 Å². The third-order valence-corrected chi connectivity index (χ3v) is 8.11. The first-order chi connectivity index (χ1) is 14.0. The van der Waals surface area contributed by atoms with Crippen LogP contribution in [0, 0.1) is 13.8 Å². The summed E-state index contributed by atoms with van der Waals surface area (Å²) in [5, 5.41) is 0. The molecule has 156 valence electrons. The fraction of sp³-hybridized carbons (Fsp3) is 0.500. The minimum Gasteiger partial charge on any atom is -0.339 e. The Morgan fingerprint density at radius 3 is 2.45 bits per heavy atom. The van der Waals surface area contributed by atoms with Crippen molar-refractivity contribution in [1.29, 1.82) is 0 Å². The Labute approximate surface area is 178 Å². The van der Waals surface area contributed by atoms with Gasteiger partial charge in [-0.05, 0) is 96.2 Å². The van der Waals surface area contributed by atoms with Gasteiger partial charge in [-0.1, -0.05) is 18.2 Å². The van der Waals surface area contributed by atoms with Crippen LogP contribution in [0.15, 0.2) is 46.2 Å². The average molecular weight is 412 g/mol. The molecule has 0 radical (unpaired) electrons. The molecule has 2 heterocycles. The summed E-state index contributed by atoms with van der Waals surface area (Å²) in [6, 6.07) is 13.1. The Morgan fingerprint density at radius 1 is 1.00 bits per heavy atom. The molecule has 0 bridgehead atoms. The second-order valence-corrected chi connectivity index (χ2v) is 10.0. The molecular formula is C24H33N3OS. The lowest BCUT2D eigenvalue weighted by molar-refractivity contribution is 0.144. The Kier molecular flexibility index (Phi) is 6.09. The van der Waals surface area contributed by atoms with Crippen molar-refractivity contribution in [2.75, 3.05) is 45.2 Å². The predicted octanol–water partition coefficient (Wildman–Crippen LogP) is 4.34. The summed E-state index contributed by atoms with van der Waals surface area (Å²) >= 11 is 0. The number of rotatable bonds is 5. The summed E-state index contributed by atoms with van der Waals surface area (Å²) in [6.07, 6.45) is 3.64. The maximum atomic E-state index is 13.2. The van der Waals surface area contributed by atoms with E-state index in [1.54, 1.807) is 0 Å². The quantitative estimate of drug-likeness (QED) is 0.731. The Balaban J connectivity index is 1.51. The molecule has 2 aliphatic heterocycles. The standard InChI is InChI=1S/C24H33N3OS/c1-18-10-11-23-24(19(18)2)27(21-8-5-6-9-22(21)29(23)28)15-7-14-26-16-12-20(13-17-26)25(3)4/h5-6,8-11,20H,7,12-17H2,1-4H3. The molecule has 0 N–H and O–H groups in total. The van der Waals surface area contributed by atoms with E-state index < -0.39 is 10.8 Å². The fourth-order valence-corrected chi connectivity index (χ4v) is 6.12. The van der Waals surface area contributed by atoms with Crippen molar-refractivity contribution >= 4 is 22.2 Å². The highest BCUT2D eigenvalue weighted by atomic mass is 32.2. The van der Waals surface area contributed by atoms with E-state index >= 15 is 0 Å². The second-order valence-electron chi connectivity index (χ2n) is 8.63. The van der Waals surface area contributed by atoms with Gasteiger partial charge in [0.15, 0.2) is 0 Å². The van der Waals surface area contributed by atoms with Crippen LogP contribution in [-0.4, -0.2) is 60.3 Å². The largest absolute Gasteiger partial charge is 0.339 e. The van der Waals surface area contributed by atoms with Crippen molar-refractivity contribution in [2.45, 2.75) is 48.9 Å². The molecule has 4 nitrogen and oxygen atoms in total. The maximum absolute atomic E-state index is 13.2. The lowest BCUT2D eigenvalue weighted by Gasteiger charge is -2.37. The van der Waals surface area contributed by atoms with Gasteiger partial charge in [0, 0.05) is 12.6 Å². The summed E-state index contributed by atoms with van der Waals surface area (Å²) in [4.78, 5) is 9.29. The monoisotopic (exact) mass is 411 g/mol. The Morgan fingerprint density at radius 2 is 1.72 bits per heavy atom. The number of hydrogen-bond donors (Lipinski definition) is 0. The van der Waals surface area contributed by atoms with E-state index in [2.05, 4.69) is 66.9 Å². The SMILES string of the molecule is Cc1ccc2c(c1C)N(CCCN1CCC(N(C)C)CC1)c1ccccc1S2=O. The van der Waals surface area contributed by atoms with Crippen LogP contribution in [0.4, 0.5) is 11.4 Å². The van der Waals surface area contributed by atoms with Gasteiger partial charge < -0.3 is 14.7 Å². The zero-order chi connectivity index (χ0) is 20.5. The normalized spacial score (nSPS) is 20.0. The summed E-state index contributed by atoms with van der Waals surface area (Å²) in [6.45, 7) is 8.78. The summed E-state index contributed by atoms with van der Waals surface area (Å²) in [7, 11) is 3.28. The van der Waals surface area contributed by atoms with Gasteiger partial charge in [-0.3, -0.25) is 0 Å². The molecule has 2 aromatic rings. The Bertz CT molecular complexity index is 903. The van der Waals surface area contributed by atoms with Crippen molar-refractivity contribution in [2.24, 2.45) is 0 Å². The first-order valence-corrected chi connectivity index (χ1v) is 11.9. The number of hydrogen-bond acceptors (Lipinski definition) is 4. The van der Waals surface area contributed by atoms with Crippen molar-refractivity contribution in [3.8, 4) is 0 Å². The molecule has 0 amide bonds. The van der Waals surface area contributed by atoms with Gasteiger partial charge in [-0.25, -0.2) is 4.21 Å². The van der Waals surface area contributed by atoms with Gasteiger partial charge in [0.2, 0.25) is 0 Å². The number of aryl methyl sites for hydroxylation is 1. The molecule has 2 aromatic carbocycles. The smallest absolute Gasteiger partial charge is 0.0892 e. The predicted molar refractivity (Wildman–Crippen MR) is 122 cm³/mol. The first-order valence-electron chi connectivity index (χ1n) is 10.7. The van der Waals surface area contributed by atoms with Crippen molar-refractivity contribution in [3.63, 3.8) is 0 Å². The van der Waals surface area contributed by atoms with E-state index in [1.807, 2.05) is 12.1 Å². The van der Waals surface area contributed by atoms with Gasteiger partial charge in [-0.2, -0.15) is 0 Å². The minimum atomic E-state index is -1.10. The van der Waals surface area contributed by atoms with E-state index in [4.69, 9.17) is 0 Å². The van der Waals surface area contributed by atoms with Crippen molar-refractivity contribution < 1.29 is 4.21 Å². The number of nitrogens with zero attached hydrogens (tertiary/aromatic N) is 3. The molecule has 0 saturated carbocycles. The van der Waals surface area contributed by atoms with Crippen LogP contribution in [-0.2, 0) is 10.8 Å². The van der Waals surface area contributed by atoms with E-state index in [1.165, 1.54) is 37.1 Å². The highest BCUT2D eigenvalue weighted by Gasteiger charge is 2.29. The molecule has 0 aliphatic carbocycles. The average Bonchev–Trinajstić information content (AvgIpc) is 2.73. The third-order valence-electron chi connectivity index (χ3n) is 6.63. The van der Waals surface area contributed by atoms with E-state index in [-0.39, 0.29) is 0 Å². The Hall–Kier alpha value is -1.69. The lowest BCUT2D eigenvalue weighted by Crippen LogP contribution is -2.42. The van der Waals surface area contributed by atoms with Gasteiger partial charge in [0.1, 0.15) is 0 Å². The molecule has 1 fully saturated rings. The number of fused-ring (bicyclic) bond motifs is 2. The van der Waals surface area contributed by atoms with Gasteiger partial charge >= 0.3 is 0 Å². The van der Waals surface area contributed by atoms with Crippen LogP contribution in [0.25, 0.3) is 0 Å². The molecule has 0 aromatic heterocycles. The van der Waals surface area contributed by atoms with E-state index in [0.29, 0.717) is 0 Å². The number of piperidine rings is 1. The van der Waals surface area contributed by atoms with Crippen LogP contribution in [0.5, 0.6) is 0 Å². The van der Waals surface area contributed by atoms with Crippen LogP contribution >= 0.6 is 0 Å². The molecule has 1 atom stereocenters. The topological polar surface area (TPSA) is 26.8 Å². The zero-order valence-electron chi connectivity index (χ0n) is 18.1. The fourth-order valence-electron chi connectivity index (χ4n) is 4.68. The maximum Gasteiger partial charge on any atom is 0.0892 e. The first kappa shape index (κ1) is 20.6. The highest BCUT2D eigenvalue weighted by molar-refractivity contribution is 7.85. The number of anilines is 2. The van der Waals surface area contributed by atoms with Crippen molar-refractivity contribution in [1.82, 2.24) is 9.80 Å².